The molecule has 21 heavy (non-hydrogen) atoms. The zero-order valence-corrected chi connectivity index (χ0v) is 15.5. The molecule has 2 aromatic rings. The van der Waals surface area contributed by atoms with Crippen LogP contribution >= 0.6 is 33.9 Å². The average molecular weight is 411 g/mol. The highest BCUT2D eigenvalue weighted by Crippen LogP contribution is 2.34. The van der Waals surface area contributed by atoms with Crippen LogP contribution in [0.25, 0.3) is 0 Å². The highest BCUT2D eigenvalue weighted by atomic mass is 127. The lowest BCUT2D eigenvalue weighted by Crippen LogP contribution is -2.23. The van der Waals surface area contributed by atoms with Crippen molar-refractivity contribution in [3.8, 4) is 0 Å². The second-order valence-electron chi connectivity index (χ2n) is 5.79. The zero-order valence-electron chi connectivity index (χ0n) is 12.5. The Bertz CT molecular complexity index is 566. The Morgan fingerprint density at radius 3 is 2.76 bits per heavy atom. The summed E-state index contributed by atoms with van der Waals surface area (Å²) in [7, 11) is 0. The SMILES string of the molecule is CCCNC(Cc1ccc(I)cc1)c1cc2c(s1)CCC2. The van der Waals surface area contributed by atoms with Crippen LogP contribution in [0.1, 0.15) is 46.7 Å². The summed E-state index contributed by atoms with van der Waals surface area (Å²) in [5.41, 5.74) is 3.04. The Morgan fingerprint density at radius 1 is 1.24 bits per heavy atom. The quantitative estimate of drug-likeness (QED) is 0.651. The summed E-state index contributed by atoms with van der Waals surface area (Å²) in [4.78, 5) is 3.17. The van der Waals surface area contributed by atoms with Crippen LogP contribution in [0, 0.1) is 3.57 Å². The van der Waals surface area contributed by atoms with Crippen molar-refractivity contribution in [2.45, 2.75) is 45.1 Å². The first-order chi connectivity index (χ1) is 10.3. The molecule has 1 aliphatic carbocycles. The van der Waals surface area contributed by atoms with Crippen molar-refractivity contribution in [2.75, 3.05) is 6.54 Å². The molecule has 0 fully saturated rings. The highest BCUT2D eigenvalue weighted by Gasteiger charge is 2.20. The van der Waals surface area contributed by atoms with Gasteiger partial charge in [0.15, 0.2) is 0 Å². The van der Waals surface area contributed by atoms with E-state index in [1.165, 1.54) is 39.7 Å². The van der Waals surface area contributed by atoms with Crippen LogP contribution in [0.2, 0.25) is 0 Å². The molecular formula is C18H22INS. The van der Waals surface area contributed by atoms with Gasteiger partial charge in [0.05, 0.1) is 0 Å². The maximum atomic E-state index is 3.75. The first kappa shape index (κ1) is 15.5. The second-order valence-corrected chi connectivity index (χ2v) is 8.20. The van der Waals surface area contributed by atoms with Gasteiger partial charge in [-0.2, -0.15) is 0 Å². The van der Waals surface area contributed by atoms with Crippen LogP contribution in [0.5, 0.6) is 0 Å². The summed E-state index contributed by atoms with van der Waals surface area (Å²) in [6, 6.07) is 11.9. The van der Waals surface area contributed by atoms with E-state index in [-0.39, 0.29) is 0 Å². The Morgan fingerprint density at radius 2 is 2.05 bits per heavy atom. The molecule has 1 N–H and O–H groups in total. The predicted molar refractivity (Wildman–Crippen MR) is 100 cm³/mol. The van der Waals surface area contributed by atoms with Gasteiger partial charge in [-0.15, -0.1) is 11.3 Å². The van der Waals surface area contributed by atoms with Crippen molar-refractivity contribution in [3.05, 3.63) is 54.8 Å². The third-order valence-electron chi connectivity index (χ3n) is 4.10. The van der Waals surface area contributed by atoms with E-state index in [2.05, 4.69) is 65.2 Å². The lowest BCUT2D eigenvalue weighted by Gasteiger charge is -2.17. The van der Waals surface area contributed by atoms with Gasteiger partial charge in [-0.05, 0) is 90.6 Å². The minimum atomic E-state index is 0.473. The fourth-order valence-electron chi connectivity index (χ4n) is 2.97. The number of hydrogen-bond donors (Lipinski definition) is 1. The second kappa shape index (κ2) is 7.25. The molecule has 1 atom stereocenters. The third-order valence-corrected chi connectivity index (χ3v) is 6.17. The summed E-state index contributed by atoms with van der Waals surface area (Å²) < 4.78 is 1.31. The maximum absolute atomic E-state index is 3.75. The van der Waals surface area contributed by atoms with Gasteiger partial charge in [-0.1, -0.05) is 19.1 Å². The monoisotopic (exact) mass is 411 g/mol. The Kier molecular flexibility index (Phi) is 5.35. The highest BCUT2D eigenvalue weighted by molar-refractivity contribution is 14.1. The molecule has 1 unspecified atom stereocenters. The van der Waals surface area contributed by atoms with Gasteiger partial charge in [-0.25, -0.2) is 0 Å². The minimum absolute atomic E-state index is 0.473. The average Bonchev–Trinajstić information content (AvgIpc) is 3.06. The molecular weight excluding hydrogens is 389 g/mol. The van der Waals surface area contributed by atoms with E-state index in [9.17, 15) is 0 Å². The molecule has 1 nitrogen and oxygen atoms in total. The van der Waals surface area contributed by atoms with E-state index in [0.29, 0.717) is 6.04 Å². The van der Waals surface area contributed by atoms with E-state index in [1.807, 2.05) is 11.3 Å². The number of nitrogens with one attached hydrogen (secondary N) is 1. The maximum Gasteiger partial charge on any atom is 0.0455 e. The van der Waals surface area contributed by atoms with E-state index in [1.54, 1.807) is 10.4 Å². The number of halogens is 1. The van der Waals surface area contributed by atoms with Crippen LogP contribution in [0.3, 0.4) is 0 Å². The van der Waals surface area contributed by atoms with Gasteiger partial charge in [0.2, 0.25) is 0 Å². The summed E-state index contributed by atoms with van der Waals surface area (Å²) in [5, 5.41) is 3.75. The Balaban J connectivity index is 1.77. The fourth-order valence-corrected chi connectivity index (χ4v) is 4.66. The van der Waals surface area contributed by atoms with Crippen LogP contribution in [-0.4, -0.2) is 6.54 Å². The molecule has 1 aromatic heterocycles. The van der Waals surface area contributed by atoms with Crippen molar-refractivity contribution in [3.63, 3.8) is 0 Å². The number of benzene rings is 1. The van der Waals surface area contributed by atoms with Crippen LogP contribution in [-0.2, 0) is 19.3 Å². The lowest BCUT2D eigenvalue weighted by molar-refractivity contribution is 0.536. The van der Waals surface area contributed by atoms with Crippen molar-refractivity contribution in [1.82, 2.24) is 5.32 Å². The molecule has 3 heteroatoms. The lowest BCUT2D eigenvalue weighted by atomic mass is 10.0. The molecule has 0 saturated heterocycles. The molecule has 1 aliphatic rings. The fraction of sp³-hybridized carbons (Fsp3) is 0.444. The van der Waals surface area contributed by atoms with Crippen molar-refractivity contribution >= 4 is 33.9 Å². The van der Waals surface area contributed by atoms with Crippen LogP contribution in [0.4, 0.5) is 0 Å². The molecule has 0 spiro atoms. The van der Waals surface area contributed by atoms with Gasteiger partial charge >= 0.3 is 0 Å². The Labute approximate surface area is 145 Å². The molecule has 0 bridgehead atoms. The first-order valence-corrected chi connectivity index (χ1v) is 9.75. The van der Waals surface area contributed by atoms with Crippen LogP contribution in [0.15, 0.2) is 30.3 Å². The van der Waals surface area contributed by atoms with E-state index >= 15 is 0 Å². The molecule has 0 aliphatic heterocycles. The van der Waals surface area contributed by atoms with Gasteiger partial charge in [0.1, 0.15) is 0 Å². The topological polar surface area (TPSA) is 12.0 Å². The molecule has 0 amide bonds. The number of thiophene rings is 1. The van der Waals surface area contributed by atoms with Gasteiger partial charge in [-0.3, -0.25) is 0 Å². The molecule has 0 saturated carbocycles. The van der Waals surface area contributed by atoms with E-state index in [4.69, 9.17) is 0 Å². The molecule has 1 aromatic carbocycles. The molecule has 1 heterocycles. The number of fused-ring (bicyclic) bond motifs is 1. The van der Waals surface area contributed by atoms with Gasteiger partial charge in [0.25, 0.3) is 0 Å². The number of rotatable bonds is 6. The molecule has 112 valence electrons. The van der Waals surface area contributed by atoms with Crippen molar-refractivity contribution in [1.29, 1.82) is 0 Å². The van der Waals surface area contributed by atoms with Crippen LogP contribution < -0.4 is 5.32 Å². The van der Waals surface area contributed by atoms with Crippen molar-refractivity contribution < 1.29 is 0 Å². The van der Waals surface area contributed by atoms with E-state index in [0.717, 1.165) is 13.0 Å². The summed E-state index contributed by atoms with van der Waals surface area (Å²) >= 11 is 4.41. The van der Waals surface area contributed by atoms with Gasteiger partial charge < -0.3 is 5.32 Å². The molecule has 0 radical (unpaired) electrons. The van der Waals surface area contributed by atoms with Crippen molar-refractivity contribution in [2.24, 2.45) is 0 Å². The summed E-state index contributed by atoms with van der Waals surface area (Å²) in [6.07, 6.45) is 6.22. The van der Waals surface area contributed by atoms with Gasteiger partial charge in [0, 0.05) is 19.4 Å². The minimum Gasteiger partial charge on any atom is -0.309 e. The normalized spacial score (nSPS) is 15.1. The first-order valence-electron chi connectivity index (χ1n) is 7.85. The smallest absolute Gasteiger partial charge is 0.0455 e. The van der Waals surface area contributed by atoms with E-state index < -0.39 is 0 Å². The number of hydrogen-bond acceptors (Lipinski definition) is 2. The summed E-state index contributed by atoms with van der Waals surface area (Å²) in [5.74, 6) is 0. The predicted octanol–water partition coefficient (Wildman–Crippen LogP) is 5.12. The largest absolute Gasteiger partial charge is 0.309 e. The number of aryl methyl sites for hydroxylation is 2. The Hall–Kier alpha value is -0.390. The zero-order chi connectivity index (χ0) is 14.7. The standard InChI is InChI=1S/C18H22INS/c1-2-10-20-16(11-13-6-8-15(19)9-7-13)18-12-14-4-3-5-17(14)21-18/h6-9,12,16,20H,2-5,10-11H2,1H3. The third kappa shape index (κ3) is 3.88. The molecule has 3 rings (SSSR count). The summed E-state index contributed by atoms with van der Waals surface area (Å²) in [6.45, 7) is 3.33.